The van der Waals surface area contributed by atoms with Gasteiger partial charge in [0.15, 0.2) is 11.6 Å². The van der Waals surface area contributed by atoms with Crippen molar-refractivity contribution in [2.45, 2.75) is 6.04 Å². The first-order valence-electron chi connectivity index (χ1n) is 9.82. The molecule has 1 heterocycles. The van der Waals surface area contributed by atoms with Crippen molar-refractivity contribution in [1.29, 1.82) is 0 Å². The van der Waals surface area contributed by atoms with E-state index in [0.29, 0.717) is 26.2 Å². The van der Waals surface area contributed by atoms with E-state index in [-0.39, 0.29) is 23.3 Å². The van der Waals surface area contributed by atoms with Gasteiger partial charge in [0.2, 0.25) is 0 Å². The van der Waals surface area contributed by atoms with Crippen molar-refractivity contribution in [3.63, 3.8) is 0 Å². The Morgan fingerprint density at radius 1 is 0.733 bits per heavy atom. The third-order valence-corrected chi connectivity index (χ3v) is 5.43. The summed E-state index contributed by atoms with van der Waals surface area (Å²) in [6, 6.07) is 19.6. The summed E-state index contributed by atoms with van der Waals surface area (Å²) in [4.78, 5) is 16.6. The van der Waals surface area contributed by atoms with Crippen LogP contribution in [0.25, 0.3) is 0 Å². The number of nitrogens with zero attached hydrogens (tertiary/aromatic N) is 2. The first kappa shape index (κ1) is 20.2. The molecular weight excluding hydrogens is 389 g/mol. The van der Waals surface area contributed by atoms with Crippen LogP contribution >= 0.6 is 0 Å². The molecule has 3 nitrogen and oxygen atoms in total. The van der Waals surface area contributed by atoms with Gasteiger partial charge in [0.25, 0.3) is 5.91 Å². The average molecular weight is 410 g/mol. The number of hydrogen-bond acceptors (Lipinski definition) is 2. The smallest absolute Gasteiger partial charge is 0.254 e. The molecule has 6 heteroatoms. The van der Waals surface area contributed by atoms with E-state index >= 15 is 0 Å². The highest BCUT2D eigenvalue weighted by Crippen LogP contribution is 2.30. The molecule has 1 saturated heterocycles. The fraction of sp³-hybridized carbons (Fsp3) is 0.208. The summed E-state index contributed by atoms with van der Waals surface area (Å²) < 4.78 is 40.1. The third-order valence-electron chi connectivity index (χ3n) is 5.43. The molecule has 0 bridgehead atoms. The zero-order valence-corrected chi connectivity index (χ0v) is 16.3. The molecule has 3 aromatic carbocycles. The molecule has 1 aliphatic rings. The van der Waals surface area contributed by atoms with Crippen LogP contribution in [-0.4, -0.2) is 41.9 Å². The number of hydrogen-bond donors (Lipinski definition) is 0. The Bertz CT molecular complexity index is 1020. The fourth-order valence-corrected chi connectivity index (χ4v) is 3.89. The fourth-order valence-electron chi connectivity index (χ4n) is 3.89. The molecule has 0 saturated carbocycles. The van der Waals surface area contributed by atoms with Crippen molar-refractivity contribution in [2.24, 2.45) is 0 Å². The Balaban J connectivity index is 1.52. The average Bonchev–Trinajstić information content (AvgIpc) is 2.78. The largest absolute Gasteiger partial charge is 0.336 e. The number of benzene rings is 3. The molecule has 0 radical (unpaired) electrons. The van der Waals surface area contributed by atoms with Crippen molar-refractivity contribution in [2.75, 3.05) is 26.2 Å². The van der Waals surface area contributed by atoms with Gasteiger partial charge in [-0.1, -0.05) is 42.5 Å². The monoisotopic (exact) mass is 410 g/mol. The van der Waals surface area contributed by atoms with Crippen LogP contribution in [0.3, 0.4) is 0 Å². The minimum Gasteiger partial charge on any atom is -0.336 e. The molecule has 0 unspecified atom stereocenters. The van der Waals surface area contributed by atoms with Crippen LogP contribution in [0, 0.1) is 17.5 Å². The van der Waals surface area contributed by atoms with Gasteiger partial charge < -0.3 is 4.90 Å². The summed E-state index contributed by atoms with van der Waals surface area (Å²) in [6.45, 7) is 2.13. The molecule has 30 heavy (non-hydrogen) atoms. The molecule has 1 atom stereocenters. The summed E-state index contributed by atoms with van der Waals surface area (Å²) >= 11 is 0. The summed E-state index contributed by atoms with van der Waals surface area (Å²) in [7, 11) is 0. The Labute approximate surface area is 173 Å². The molecule has 4 rings (SSSR count). The van der Waals surface area contributed by atoms with Crippen LogP contribution in [0.5, 0.6) is 0 Å². The predicted molar refractivity (Wildman–Crippen MR) is 109 cm³/mol. The van der Waals surface area contributed by atoms with Gasteiger partial charge in [0.1, 0.15) is 5.82 Å². The molecule has 0 spiro atoms. The number of carbonyl (C=O) groups is 1. The van der Waals surface area contributed by atoms with Gasteiger partial charge in [0.05, 0.1) is 6.04 Å². The van der Waals surface area contributed by atoms with Gasteiger partial charge in [-0.25, -0.2) is 13.2 Å². The number of rotatable bonds is 4. The van der Waals surface area contributed by atoms with E-state index in [9.17, 15) is 18.0 Å². The minimum absolute atomic E-state index is 0.0627. The normalized spacial score (nSPS) is 15.8. The van der Waals surface area contributed by atoms with Crippen LogP contribution in [0.4, 0.5) is 13.2 Å². The van der Waals surface area contributed by atoms with Crippen molar-refractivity contribution < 1.29 is 18.0 Å². The number of carbonyl (C=O) groups excluding carboxylic acids is 1. The number of halogens is 3. The van der Waals surface area contributed by atoms with E-state index in [2.05, 4.69) is 4.90 Å². The number of piperazine rings is 1. The van der Waals surface area contributed by atoms with Gasteiger partial charge in [0, 0.05) is 31.7 Å². The summed E-state index contributed by atoms with van der Waals surface area (Å²) in [5.74, 6) is -2.60. The number of amides is 1. The first-order valence-corrected chi connectivity index (χ1v) is 9.82. The molecular formula is C24H21F3N2O. The molecule has 0 aliphatic carbocycles. The lowest BCUT2D eigenvalue weighted by atomic mass is 9.96. The lowest BCUT2D eigenvalue weighted by Gasteiger charge is -2.39. The van der Waals surface area contributed by atoms with E-state index in [1.807, 2.05) is 30.3 Å². The van der Waals surface area contributed by atoms with Crippen LogP contribution in [0.15, 0.2) is 72.8 Å². The topological polar surface area (TPSA) is 23.6 Å². The van der Waals surface area contributed by atoms with Crippen molar-refractivity contribution in [1.82, 2.24) is 9.80 Å². The lowest BCUT2D eigenvalue weighted by Crippen LogP contribution is -2.49. The Hall–Kier alpha value is -3.12. The van der Waals surface area contributed by atoms with Crippen molar-refractivity contribution >= 4 is 5.91 Å². The SMILES string of the molecule is O=C(c1ccc(F)c(F)c1)N1CCN([C@@H](c2ccccc2)c2ccc(F)cc2)CC1. The maximum Gasteiger partial charge on any atom is 0.254 e. The molecule has 1 amide bonds. The molecule has 1 aliphatic heterocycles. The summed E-state index contributed by atoms with van der Waals surface area (Å²) in [5.41, 5.74) is 2.20. The van der Waals surface area contributed by atoms with E-state index in [4.69, 9.17) is 0 Å². The Morgan fingerprint density at radius 2 is 1.37 bits per heavy atom. The van der Waals surface area contributed by atoms with E-state index in [1.165, 1.54) is 18.2 Å². The van der Waals surface area contributed by atoms with Gasteiger partial charge in [-0.15, -0.1) is 0 Å². The first-order chi connectivity index (χ1) is 14.5. The molecule has 0 N–H and O–H groups in total. The highest BCUT2D eigenvalue weighted by molar-refractivity contribution is 5.94. The van der Waals surface area contributed by atoms with Crippen molar-refractivity contribution in [3.05, 3.63) is 107 Å². The second-order valence-electron chi connectivity index (χ2n) is 7.32. The maximum absolute atomic E-state index is 13.5. The molecule has 3 aromatic rings. The van der Waals surface area contributed by atoms with Gasteiger partial charge in [-0.3, -0.25) is 9.69 Å². The van der Waals surface area contributed by atoms with E-state index in [1.54, 1.807) is 17.0 Å². The lowest BCUT2D eigenvalue weighted by molar-refractivity contribution is 0.0596. The van der Waals surface area contributed by atoms with Gasteiger partial charge in [-0.05, 0) is 41.5 Å². The highest BCUT2D eigenvalue weighted by atomic mass is 19.2. The van der Waals surface area contributed by atoms with E-state index in [0.717, 1.165) is 23.3 Å². The van der Waals surface area contributed by atoms with Gasteiger partial charge >= 0.3 is 0 Å². The highest BCUT2D eigenvalue weighted by Gasteiger charge is 2.28. The van der Waals surface area contributed by atoms with Crippen LogP contribution < -0.4 is 0 Å². The van der Waals surface area contributed by atoms with Gasteiger partial charge in [-0.2, -0.15) is 0 Å². The second-order valence-corrected chi connectivity index (χ2v) is 7.32. The molecule has 154 valence electrons. The summed E-state index contributed by atoms with van der Waals surface area (Å²) in [5, 5.41) is 0. The quantitative estimate of drug-likeness (QED) is 0.625. The van der Waals surface area contributed by atoms with Crippen LogP contribution in [0.1, 0.15) is 27.5 Å². The van der Waals surface area contributed by atoms with Crippen LogP contribution in [-0.2, 0) is 0 Å². The zero-order chi connectivity index (χ0) is 21.1. The zero-order valence-electron chi connectivity index (χ0n) is 16.3. The van der Waals surface area contributed by atoms with Crippen LogP contribution in [0.2, 0.25) is 0 Å². The van der Waals surface area contributed by atoms with E-state index < -0.39 is 11.6 Å². The maximum atomic E-state index is 13.5. The Kier molecular flexibility index (Phi) is 5.86. The Morgan fingerprint density at radius 3 is 2.00 bits per heavy atom. The predicted octanol–water partition coefficient (Wildman–Crippen LogP) is 4.65. The minimum atomic E-state index is -1.03. The van der Waals surface area contributed by atoms with Crippen molar-refractivity contribution in [3.8, 4) is 0 Å². The second kappa shape index (κ2) is 8.71. The third kappa shape index (κ3) is 4.24. The molecule has 1 fully saturated rings. The summed E-state index contributed by atoms with van der Waals surface area (Å²) in [6.07, 6.45) is 0. The molecule has 0 aromatic heterocycles. The standard InChI is InChI=1S/C24H21F3N2O/c25-20-9-6-18(7-10-20)23(17-4-2-1-3-5-17)28-12-14-29(15-13-28)24(30)19-8-11-21(26)22(27)16-19/h1-11,16,23H,12-15H2/t23-/m0/s1.